The minimum Gasteiger partial charge on any atom is -0.367 e. The fourth-order valence-corrected chi connectivity index (χ4v) is 4.64. The second-order valence-corrected chi connectivity index (χ2v) is 8.49. The van der Waals surface area contributed by atoms with Crippen LogP contribution in [0.1, 0.15) is 5.56 Å². The molecular weight excluding hydrogens is 294 g/mol. The smallest absolute Gasteiger partial charge is 0.367 e. The summed E-state index contributed by atoms with van der Waals surface area (Å²) in [6, 6.07) is 8.03. The lowest BCUT2D eigenvalue weighted by molar-refractivity contribution is 0.117. The van der Waals surface area contributed by atoms with Gasteiger partial charge in [-0.25, -0.2) is 0 Å². The van der Waals surface area contributed by atoms with Crippen LogP contribution >= 0.6 is 15.2 Å². The second kappa shape index (κ2) is 5.85. The Morgan fingerprint density at radius 1 is 1.05 bits per heavy atom. The third kappa shape index (κ3) is 3.15. The number of hydrogen-bond acceptors (Lipinski definition) is 5. The number of rotatable bonds is 6. The van der Waals surface area contributed by atoms with Crippen molar-refractivity contribution in [1.29, 1.82) is 0 Å². The molecule has 108 valence electrons. The van der Waals surface area contributed by atoms with Gasteiger partial charge >= 0.3 is 15.2 Å². The van der Waals surface area contributed by atoms with Crippen molar-refractivity contribution in [3.8, 4) is 0 Å². The number of benzene rings is 1. The van der Waals surface area contributed by atoms with Gasteiger partial charge in [-0.05, 0) is 5.56 Å². The average molecular weight is 310 g/mol. The van der Waals surface area contributed by atoms with Crippen LogP contribution < -0.4 is 0 Å². The van der Waals surface area contributed by atoms with E-state index < -0.39 is 26.7 Å². The van der Waals surface area contributed by atoms with Gasteiger partial charge in [0.05, 0.1) is 0 Å². The molecular formula is C10H16O7P2. The van der Waals surface area contributed by atoms with Crippen LogP contribution in [0.3, 0.4) is 0 Å². The Balaban J connectivity index is 3.29. The van der Waals surface area contributed by atoms with Gasteiger partial charge < -0.3 is 23.9 Å². The van der Waals surface area contributed by atoms with Crippen molar-refractivity contribution >= 4 is 15.2 Å². The lowest BCUT2D eigenvalue weighted by Crippen LogP contribution is -2.32. The molecule has 0 aliphatic carbocycles. The van der Waals surface area contributed by atoms with Crippen LogP contribution in [0, 0.1) is 0 Å². The summed E-state index contributed by atoms with van der Waals surface area (Å²) in [6.45, 7) is 0. The van der Waals surface area contributed by atoms with E-state index in [9.17, 15) is 24.0 Å². The molecule has 0 aliphatic rings. The maximum Gasteiger partial charge on any atom is 0.372 e. The summed E-state index contributed by atoms with van der Waals surface area (Å²) in [5.74, 6) is 0. The molecule has 9 heteroatoms. The van der Waals surface area contributed by atoms with Gasteiger partial charge in [0.25, 0.3) is 5.08 Å². The van der Waals surface area contributed by atoms with Gasteiger partial charge in [-0.3, -0.25) is 9.13 Å². The first-order valence-electron chi connectivity index (χ1n) is 5.24. The highest BCUT2D eigenvalue weighted by Gasteiger charge is 2.61. The summed E-state index contributed by atoms with van der Waals surface area (Å²) in [5, 5.41) is 7.32. The molecule has 2 atom stereocenters. The minimum atomic E-state index is -4.78. The Morgan fingerprint density at radius 3 is 1.84 bits per heavy atom. The molecule has 3 N–H and O–H groups in total. The van der Waals surface area contributed by atoms with Crippen LogP contribution in [0.4, 0.5) is 0 Å². The van der Waals surface area contributed by atoms with Crippen molar-refractivity contribution < 1.29 is 33.1 Å². The number of hydrogen-bond donors (Lipinski definition) is 3. The average Bonchev–Trinajstić information content (AvgIpc) is 2.39. The van der Waals surface area contributed by atoms with E-state index in [1.165, 1.54) is 12.1 Å². The lowest BCUT2D eigenvalue weighted by Gasteiger charge is -2.32. The van der Waals surface area contributed by atoms with Crippen LogP contribution in [0.15, 0.2) is 30.3 Å². The molecule has 2 unspecified atom stereocenters. The predicted molar refractivity (Wildman–Crippen MR) is 68.8 cm³/mol. The van der Waals surface area contributed by atoms with Gasteiger partial charge in [0.2, 0.25) is 0 Å². The molecule has 1 rings (SSSR count). The van der Waals surface area contributed by atoms with Gasteiger partial charge in [-0.2, -0.15) is 0 Å². The Hall–Kier alpha value is -0.520. The number of aliphatic hydroxyl groups is 1. The normalized spacial score (nSPS) is 21.1. The highest BCUT2D eigenvalue weighted by molar-refractivity contribution is 7.72. The first kappa shape index (κ1) is 16.5. The zero-order chi connectivity index (χ0) is 14.7. The molecule has 1 aromatic rings. The van der Waals surface area contributed by atoms with Gasteiger partial charge in [0.1, 0.15) is 0 Å². The molecule has 0 spiro atoms. The monoisotopic (exact) mass is 310 g/mol. The third-order valence-electron chi connectivity index (χ3n) is 2.68. The third-order valence-corrected chi connectivity index (χ3v) is 7.32. The Labute approximate surface area is 110 Å². The van der Waals surface area contributed by atoms with Crippen LogP contribution in [-0.4, -0.2) is 34.2 Å². The minimum absolute atomic E-state index is 0.391. The topological polar surface area (TPSA) is 113 Å². The lowest BCUT2D eigenvalue weighted by atomic mass is 10.2. The van der Waals surface area contributed by atoms with E-state index in [0.717, 1.165) is 14.2 Å². The molecule has 0 amide bonds. The molecule has 0 bridgehead atoms. The quantitative estimate of drug-likeness (QED) is 0.683. The van der Waals surface area contributed by atoms with E-state index in [1.807, 2.05) is 0 Å². The van der Waals surface area contributed by atoms with Crippen molar-refractivity contribution in [3.63, 3.8) is 0 Å². The summed E-state index contributed by atoms with van der Waals surface area (Å²) in [4.78, 5) is 19.3. The SMILES string of the molecule is COP(=O)(O)C(O)(Cc1ccccc1)P(=O)(O)OC. The Kier molecular flexibility index (Phi) is 5.09. The van der Waals surface area contributed by atoms with Crippen molar-refractivity contribution in [2.75, 3.05) is 14.2 Å². The van der Waals surface area contributed by atoms with Crippen LogP contribution in [0.25, 0.3) is 0 Å². The standard InChI is InChI=1S/C10H16O7P2/c1-16-18(12,13)10(11,19(14,15)17-2)8-9-6-4-3-5-7-9/h3-7,11H,8H2,1-2H3,(H,12,13)(H,14,15). The molecule has 0 saturated carbocycles. The van der Waals surface area contributed by atoms with Gasteiger partial charge in [-0.1, -0.05) is 30.3 Å². The van der Waals surface area contributed by atoms with Gasteiger partial charge in [-0.15, -0.1) is 0 Å². The van der Waals surface area contributed by atoms with Crippen molar-refractivity contribution in [2.24, 2.45) is 0 Å². The molecule has 0 aromatic heterocycles. The largest absolute Gasteiger partial charge is 0.372 e. The highest BCUT2D eigenvalue weighted by Crippen LogP contribution is 2.72. The molecule has 0 saturated heterocycles. The predicted octanol–water partition coefficient (Wildman–Crippen LogP) is 1.54. The van der Waals surface area contributed by atoms with Crippen LogP contribution in [0.5, 0.6) is 0 Å². The zero-order valence-electron chi connectivity index (χ0n) is 10.5. The molecule has 0 aliphatic heterocycles. The summed E-state index contributed by atoms with van der Waals surface area (Å²) in [7, 11) is -7.83. The van der Waals surface area contributed by atoms with Crippen molar-refractivity contribution in [1.82, 2.24) is 0 Å². The molecule has 0 fully saturated rings. The van der Waals surface area contributed by atoms with Gasteiger partial charge in [0.15, 0.2) is 0 Å². The highest BCUT2D eigenvalue weighted by atomic mass is 31.2. The van der Waals surface area contributed by atoms with Crippen molar-refractivity contribution in [3.05, 3.63) is 35.9 Å². The summed E-state index contributed by atoms with van der Waals surface area (Å²) < 4.78 is 32.4. The summed E-state index contributed by atoms with van der Waals surface area (Å²) in [6.07, 6.45) is -0.558. The van der Waals surface area contributed by atoms with E-state index in [0.29, 0.717) is 5.56 Å². The summed E-state index contributed by atoms with van der Waals surface area (Å²) in [5.41, 5.74) is 0.391. The first-order valence-corrected chi connectivity index (χ1v) is 8.39. The maximum absolute atomic E-state index is 11.9. The second-order valence-electron chi connectivity index (χ2n) is 3.84. The van der Waals surface area contributed by atoms with Crippen LogP contribution in [-0.2, 0) is 24.6 Å². The fraction of sp³-hybridized carbons (Fsp3) is 0.400. The molecule has 19 heavy (non-hydrogen) atoms. The van der Waals surface area contributed by atoms with E-state index in [1.54, 1.807) is 18.2 Å². The van der Waals surface area contributed by atoms with E-state index in [4.69, 9.17) is 0 Å². The first-order chi connectivity index (χ1) is 8.70. The van der Waals surface area contributed by atoms with Crippen molar-refractivity contribution in [2.45, 2.75) is 11.5 Å². The Bertz CT molecular complexity index is 492. The fourth-order valence-electron chi connectivity index (χ4n) is 1.52. The molecule has 0 heterocycles. The maximum atomic E-state index is 11.9. The zero-order valence-corrected chi connectivity index (χ0v) is 12.3. The molecule has 0 radical (unpaired) electrons. The molecule has 1 aromatic carbocycles. The van der Waals surface area contributed by atoms with E-state index in [2.05, 4.69) is 9.05 Å². The Morgan fingerprint density at radius 2 is 1.47 bits per heavy atom. The van der Waals surface area contributed by atoms with Crippen LogP contribution in [0.2, 0.25) is 0 Å². The molecule has 7 nitrogen and oxygen atoms in total. The van der Waals surface area contributed by atoms with E-state index in [-0.39, 0.29) is 0 Å². The summed E-state index contributed by atoms with van der Waals surface area (Å²) >= 11 is 0. The van der Waals surface area contributed by atoms with Gasteiger partial charge in [0, 0.05) is 20.6 Å². The van der Waals surface area contributed by atoms with E-state index >= 15 is 0 Å².